The summed E-state index contributed by atoms with van der Waals surface area (Å²) in [7, 11) is 0. The third-order valence-electron chi connectivity index (χ3n) is 1.40. The molecule has 4 heteroatoms. The van der Waals surface area contributed by atoms with Crippen molar-refractivity contribution in [2.45, 2.75) is 20.3 Å². The first-order chi connectivity index (χ1) is 4.86. The van der Waals surface area contributed by atoms with Crippen LogP contribution in [0.15, 0.2) is 0 Å². The molecular formula is C6H12S2Se2. The maximum absolute atomic E-state index is 4.34. The summed E-state index contributed by atoms with van der Waals surface area (Å²) in [4.78, 5) is 1.95. The minimum atomic E-state index is 0.851. The molecule has 0 bridgehead atoms. The number of rotatable bonds is 2. The molecule has 0 amide bonds. The second kappa shape index (κ2) is 5.40. The second-order valence-corrected chi connectivity index (χ2v) is 8.64. The zero-order valence-corrected chi connectivity index (χ0v) is 10.9. The summed E-state index contributed by atoms with van der Waals surface area (Å²) in [5.41, 5.74) is 0. The molecule has 10 heavy (non-hydrogen) atoms. The molecule has 1 rings (SSSR count). The molecule has 0 aliphatic carbocycles. The molecule has 0 aromatic carbocycles. The summed E-state index contributed by atoms with van der Waals surface area (Å²) in [6.45, 7) is 0. The van der Waals surface area contributed by atoms with Crippen LogP contribution in [-0.2, 0) is 0 Å². The minimum absolute atomic E-state index is 0.851. The van der Waals surface area contributed by atoms with Crippen molar-refractivity contribution in [3.8, 4) is 0 Å². The molecule has 0 nitrogen and oxygen atoms in total. The van der Waals surface area contributed by atoms with Crippen molar-refractivity contribution in [3.05, 3.63) is 0 Å². The molecule has 0 radical (unpaired) electrons. The number of thiol groups is 2. The average molecular weight is 306 g/mol. The fourth-order valence-corrected chi connectivity index (χ4v) is 10.3. The van der Waals surface area contributed by atoms with Crippen LogP contribution in [0.5, 0.6) is 0 Å². The SMILES string of the molecule is SCC1C[Se]CC(CS)[Se]1. The fourth-order valence-electron chi connectivity index (χ4n) is 0.873. The number of hydrogen-bond acceptors (Lipinski definition) is 2. The summed E-state index contributed by atoms with van der Waals surface area (Å²) in [5.74, 6) is 2.23. The van der Waals surface area contributed by atoms with E-state index in [9.17, 15) is 0 Å². The molecule has 1 saturated heterocycles. The molecule has 1 aliphatic heterocycles. The van der Waals surface area contributed by atoms with Crippen molar-refractivity contribution in [3.63, 3.8) is 0 Å². The van der Waals surface area contributed by atoms with Crippen LogP contribution in [0, 0.1) is 0 Å². The Morgan fingerprint density at radius 1 is 1.10 bits per heavy atom. The van der Waals surface area contributed by atoms with Gasteiger partial charge in [0.1, 0.15) is 0 Å². The van der Waals surface area contributed by atoms with Gasteiger partial charge >= 0.3 is 86.9 Å². The molecule has 1 heterocycles. The first-order valence-electron chi connectivity index (χ1n) is 3.31. The molecule has 2 unspecified atom stereocenters. The molecule has 2 atom stereocenters. The van der Waals surface area contributed by atoms with Crippen LogP contribution in [-0.4, -0.2) is 41.4 Å². The van der Waals surface area contributed by atoms with E-state index in [4.69, 9.17) is 0 Å². The molecule has 0 spiro atoms. The van der Waals surface area contributed by atoms with Gasteiger partial charge in [-0.2, -0.15) is 0 Å². The van der Waals surface area contributed by atoms with Crippen LogP contribution in [0.3, 0.4) is 0 Å². The van der Waals surface area contributed by atoms with E-state index in [2.05, 4.69) is 25.3 Å². The van der Waals surface area contributed by atoms with Crippen LogP contribution < -0.4 is 0 Å². The van der Waals surface area contributed by atoms with E-state index in [-0.39, 0.29) is 0 Å². The van der Waals surface area contributed by atoms with E-state index in [1.807, 2.05) is 0 Å². The van der Waals surface area contributed by atoms with E-state index in [0.29, 0.717) is 0 Å². The monoisotopic (exact) mass is 308 g/mol. The molecule has 0 aromatic rings. The Morgan fingerprint density at radius 3 is 2.00 bits per heavy atom. The Labute approximate surface area is 86.4 Å². The topological polar surface area (TPSA) is 0 Å². The average Bonchev–Trinajstić information content (AvgIpc) is 2.05. The van der Waals surface area contributed by atoms with Gasteiger partial charge in [-0.25, -0.2) is 0 Å². The first-order valence-corrected chi connectivity index (χ1v) is 8.98. The third-order valence-corrected chi connectivity index (χ3v) is 11.2. The molecule has 1 aliphatic rings. The second-order valence-electron chi connectivity index (χ2n) is 2.28. The van der Waals surface area contributed by atoms with Gasteiger partial charge in [-0.3, -0.25) is 0 Å². The summed E-state index contributed by atoms with van der Waals surface area (Å²) >= 11 is 10.5. The third kappa shape index (κ3) is 3.00. The van der Waals surface area contributed by atoms with Gasteiger partial charge in [0.05, 0.1) is 0 Å². The molecule has 0 saturated carbocycles. The summed E-state index contributed by atoms with van der Waals surface area (Å²) in [6.07, 6.45) is 0. The molecule has 0 N–H and O–H groups in total. The molecule has 60 valence electrons. The van der Waals surface area contributed by atoms with Crippen LogP contribution in [0.25, 0.3) is 0 Å². The summed E-state index contributed by atoms with van der Waals surface area (Å²) in [6, 6.07) is 0. The molecular weight excluding hydrogens is 294 g/mol. The Balaban J connectivity index is 2.25. The van der Waals surface area contributed by atoms with Crippen molar-refractivity contribution < 1.29 is 0 Å². The Morgan fingerprint density at radius 2 is 1.60 bits per heavy atom. The quantitative estimate of drug-likeness (QED) is 0.563. The van der Waals surface area contributed by atoms with Gasteiger partial charge in [-0.1, -0.05) is 0 Å². The van der Waals surface area contributed by atoms with E-state index in [1.54, 1.807) is 0 Å². The predicted molar refractivity (Wildman–Crippen MR) is 56.3 cm³/mol. The van der Waals surface area contributed by atoms with Crippen LogP contribution in [0.4, 0.5) is 0 Å². The van der Waals surface area contributed by atoms with Crippen molar-refractivity contribution in [2.75, 3.05) is 11.5 Å². The van der Waals surface area contributed by atoms with Gasteiger partial charge in [0.25, 0.3) is 0 Å². The zero-order chi connectivity index (χ0) is 7.40. The normalized spacial score (nSPS) is 34.2. The van der Waals surface area contributed by atoms with E-state index >= 15 is 0 Å². The Hall–Kier alpha value is 1.74. The Bertz CT molecular complexity index is 89.7. The van der Waals surface area contributed by atoms with Gasteiger partial charge < -0.3 is 0 Å². The Kier molecular flexibility index (Phi) is 5.30. The van der Waals surface area contributed by atoms with E-state index in [0.717, 1.165) is 51.1 Å². The van der Waals surface area contributed by atoms with E-state index in [1.165, 1.54) is 10.6 Å². The van der Waals surface area contributed by atoms with Crippen molar-refractivity contribution in [1.29, 1.82) is 0 Å². The van der Waals surface area contributed by atoms with Gasteiger partial charge in [-0.05, 0) is 0 Å². The fraction of sp³-hybridized carbons (Fsp3) is 1.00. The van der Waals surface area contributed by atoms with Crippen molar-refractivity contribution >= 4 is 55.2 Å². The predicted octanol–water partition coefficient (Wildman–Crippen LogP) is 1.68. The van der Waals surface area contributed by atoms with Crippen LogP contribution in [0.2, 0.25) is 20.3 Å². The van der Waals surface area contributed by atoms with Gasteiger partial charge in [-0.15, -0.1) is 0 Å². The van der Waals surface area contributed by atoms with Gasteiger partial charge in [0.2, 0.25) is 0 Å². The van der Waals surface area contributed by atoms with Crippen LogP contribution >= 0.6 is 25.3 Å². The van der Waals surface area contributed by atoms with Gasteiger partial charge in [0.15, 0.2) is 0 Å². The number of hydrogen-bond donors (Lipinski definition) is 2. The zero-order valence-electron chi connectivity index (χ0n) is 5.69. The maximum atomic E-state index is 4.34. The summed E-state index contributed by atoms with van der Waals surface area (Å²) < 4.78 is 0. The van der Waals surface area contributed by atoms with E-state index < -0.39 is 0 Å². The van der Waals surface area contributed by atoms with Crippen molar-refractivity contribution in [1.82, 2.24) is 0 Å². The molecule has 1 fully saturated rings. The first kappa shape index (κ1) is 9.82. The van der Waals surface area contributed by atoms with Crippen LogP contribution in [0.1, 0.15) is 0 Å². The van der Waals surface area contributed by atoms with Gasteiger partial charge in [0, 0.05) is 0 Å². The summed E-state index contributed by atoms with van der Waals surface area (Å²) in [5, 5.41) is 2.97. The van der Waals surface area contributed by atoms with Crippen molar-refractivity contribution in [2.24, 2.45) is 0 Å². The molecule has 0 aromatic heterocycles. The standard InChI is InChI=1S/C6H12S2Se2/c7-1-5-3-9-4-6(2-8)10-5/h5-8H,1-4H2.